The van der Waals surface area contributed by atoms with Gasteiger partial charge in [0.2, 0.25) is 0 Å². The minimum absolute atomic E-state index is 0.0974. The molecule has 1 heterocycles. The lowest BCUT2D eigenvalue weighted by Gasteiger charge is -2.12. The van der Waals surface area contributed by atoms with Gasteiger partial charge in [-0.2, -0.15) is 0 Å². The van der Waals surface area contributed by atoms with E-state index in [9.17, 15) is 4.39 Å². The Kier molecular flexibility index (Phi) is 3.97. The van der Waals surface area contributed by atoms with Crippen LogP contribution in [0, 0.1) is 5.82 Å². The zero-order chi connectivity index (χ0) is 12.3. The predicted molar refractivity (Wildman–Crippen MR) is 68.1 cm³/mol. The molecule has 0 fully saturated rings. The van der Waals surface area contributed by atoms with Crippen molar-refractivity contribution in [3.05, 3.63) is 58.2 Å². The van der Waals surface area contributed by atoms with Gasteiger partial charge in [0.15, 0.2) is 0 Å². The number of hydrogen-bond acceptors (Lipinski definition) is 2. The zero-order valence-electron chi connectivity index (χ0n) is 9.41. The van der Waals surface area contributed by atoms with Crippen LogP contribution in [0.25, 0.3) is 0 Å². The van der Waals surface area contributed by atoms with Crippen LogP contribution < -0.4 is 5.32 Å². The molecule has 1 aromatic carbocycles. The molecule has 0 spiro atoms. The second-order valence-corrected chi connectivity index (χ2v) is 4.62. The van der Waals surface area contributed by atoms with Gasteiger partial charge in [-0.05, 0) is 46.6 Å². The maximum Gasteiger partial charge on any atom is 0.137 e. The summed E-state index contributed by atoms with van der Waals surface area (Å²) < 4.78 is 19.1. The molecule has 0 amide bonds. The zero-order valence-corrected chi connectivity index (χ0v) is 11.0. The third-order valence-corrected chi connectivity index (χ3v) is 3.49. The quantitative estimate of drug-likeness (QED) is 0.922. The van der Waals surface area contributed by atoms with E-state index in [0.29, 0.717) is 11.0 Å². The van der Waals surface area contributed by atoms with Gasteiger partial charge in [0, 0.05) is 6.54 Å². The fourth-order valence-corrected chi connectivity index (χ4v) is 1.99. The van der Waals surface area contributed by atoms with E-state index in [0.717, 1.165) is 11.3 Å². The van der Waals surface area contributed by atoms with Crippen molar-refractivity contribution in [1.82, 2.24) is 5.32 Å². The summed E-state index contributed by atoms with van der Waals surface area (Å²) in [5.74, 6) is 0.632. The largest absolute Gasteiger partial charge is 0.468 e. The molecule has 0 bridgehead atoms. The van der Waals surface area contributed by atoms with Crippen molar-refractivity contribution in [1.29, 1.82) is 0 Å². The van der Waals surface area contributed by atoms with Crippen LogP contribution in [0.3, 0.4) is 0 Å². The van der Waals surface area contributed by atoms with E-state index in [4.69, 9.17) is 4.42 Å². The SMILES string of the molecule is CC(NCc1cccc(F)c1Br)c1ccco1. The molecule has 90 valence electrons. The number of rotatable bonds is 4. The van der Waals surface area contributed by atoms with Crippen molar-refractivity contribution in [3.63, 3.8) is 0 Å². The maximum atomic E-state index is 13.3. The van der Waals surface area contributed by atoms with Crippen molar-refractivity contribution in [2.45, 2.75) is 19.5 Å². The summed E-state index contributed by atoms with van der Waals surface area (Å²) in [4.78, 5) is 0. The number of benzene rings is 1. The second kappa shape index (κ2) is 5.47. The van der Waals surface area contributed by atoms with Crippen LogP contribution in [-0.4, -0.2) is 0 Å². The van der Waals surface area contributed by atoms with Gasteiger partial charge in [0.1, 0.15) is 11.6 Å². The van der Waals surface area contributed by atoms with Gasteiger partial charge in [-0.3, -0.25) is 0 Å². The van der Waals surface area contributed by atoms with E-state index in [1.165, 1.54) is 6.07 Å². The third-order valence-electron chi connectivity index (χ3n) is 2.60. The van der Waals surface area contributed by atoms with Crippen LogP contribution in [0.4, 0.5) is 4.39 Å². The van der Waals surface area contributed by atoms with Crippen molar-refractivity contribution in [2.75, 3.05) is 0 Å². The first-order valence-corrected chi connectivity index (χ1v) is 6.17. The Hall–Kier alpha value is -1.13. The maximum absolute atomic E-state index is 13.3. The molecule has 2 nitrogen and oxygen atoms in total. The average Bonchev–Trinajstić information content (AvgIpc) is 2.84. The fraction of sp³-hybridized carbons (Fsp3) is 0.231. The van der Waals surface area contributed by atoms with E-state index < -0.39 is 0 Å². The second-order valence-electron chi connectivity index (χ2n) is 3.83. The van der Waals surface area contributed by atoms with Gasteiger partial charge >= 0.3 is 0 Å². The van der Waals surface area contributed by atoms with Crippen LogP contribution in [0.2, 0.25) is 0 Å². The summed E-state index contributed by atoms with van der Waals surface area (Å²) in [6.07, 6.45) is 1.64. The molecule has 1 aromatic heterocycles. The molecule has 0 aliphatic carbocycles. The van der Waals surface area contributed by atoms with Crippen molar-refractivity contribution < 1.29 is 8.81 Å². The lowest BCUT2D eigenvalue weighted by Crippen LogP contribution is -2.18. The van der Waals surface area contributed by atoms with Gasteiger partial charge in [-0.25, -0.2) is 4.39 Å². The molecule has 0 saturated heterocycles. The summed E-state index contributed by atoms with van der Waals surface area (Å²) >= 11 is 3.24. The van der Waals surface area contributed by atoms with Gasteiger partial charge in [0.25, 0.3) is 0 Å². The molecule has 1 atom stereocenters. The molecule has 0 aliphatic rings. The lowest BCUT2D eigenvalue weighted by atomic mass is 10.2. The Morgan fingerprint density at radius 2 is 2.18 bits per heavy atom. The van der Waals surface area contributed by atoms with Gasteiger partial charge in [0.05, 0.1) is 16.8 Å². The van der Waals surface area contributed by atoms with Gasteiger partial charge < -0.3 is 9.73 Å². The highest BCUT2D eigenvalue weighted by atomic mass is 79.9. The molecular formula is C13H13BrFNO. The van der Waals surface area contributed by atoms with Crippen LogP contribution in [0.5, 0.6) is 0 Å². The number of furan rings is 1. The van der Waals surface area contributed by atoms with E-state index >= 15 is 0 Å². The standard InChI is InChI=1S/C13H13BrFNO/c1-9(12-6-3-7-17-12)16-8-10-4-2-5-11(15)13(10)14/h2-7,9,16H,8H2,1H3. The highest BCUT2D eigenvalue weighted by Crippen LogP contribution is 2.21. The number of nitrogens with one attached hydrogen (secondary N) is 1. The normalized spacial score (nSPS) is 12.6. The van der Waals surface area contributed by atoms with E-state index in [1.807, 2.05) is 25.1 Å². The summed E-state index contributed by atoms with van der Waals surface area (Å²) in [6.45, 7) is 2.59. The van der Waals surface area contributed by atoms with E-state index in [2.05, 4.69) is 21.2 Å². The van der Waals surface area contributed by atoms with Crippen LogP contribution >= 0.6 is 15.9 Å². The highest BCUT2D eigenvalue weighted by molar-refractivity contribution is 9.10. The Bertz CT molecular complexity index is 484. The van der Waals surface area contributed by atoms with Crippen molar-refractivity contribution >= 4 is 15.9 Å². The minimum Gasteiger partial charge on any atom is -0.468 e. The average molecular weight is 298 g/mol. The monoisotopic (exact) mass is 297 g/mol. The Labute approximate surface area is 108 Å². The van der Waals surface area contributed by atoms with Gasteiger partial charge in [-0.15, -0.1) is 0 Å². The molecule has 2 aromatic rings. The first kappa shape index (κ1) is 12.3. The molecule has 0 saturated carbocycles. The van der Waals surface area contributed by atoms with Crippen LogP contribution in [0.1, 0.15) is 24.3 Å². The minimum atomic E-state index is -0.241. The predicted octanol–water partition coefficient (Wildman–Crippen LogP) is 4.03. The molecule has 4 heteroatoms. The van der Waals surface area contributed by atoms with E-state index in [-0.39, 0.29) is 11.9 Å². The molecule has 17 heavy (non-hydrogen) atoms. The summed E-state index contributed by atoms with van der Waals surface area (Å²) in [5, 5.41) is 3.28. The Morgan fingerprint density at radius 1 is 1.35 bits per heavy atom. The Morgan fingerprint density at radius 3 is 2.88 bits per heavy atom. The van der Waals surface area contributed by atoms with Crippen LogP contribution in [-0.2, 0) is 6.54 Å². The highest BCUT2D eigenvalue weighted by Gasteiger charge is 2.09. The molecule has 0 radical (unpaired) electrons. The molecular weight excluding hydrogens is 285 g/mol. The van der Waals surface area contributed by atoms with Crippen molar-refractivity contribution in [2.24, 2.45) is 0 Å². The third kappa shape index (κ3) is 2.96. The number of hydrogen-bond donors (Lipinski definition) is 1. The smallest absolute Gasteiger partial charge is 0.137 e. The summed E-state index contributed by atoms with van der Waals surface area (Å²) in [5.41, 5.74) is 0.892. The topological polar surface area (TPSA) is 25.2 Å². The number of halogens is 2. The first-order valence-electron chi connectivity index (χ1n) is 5.38. The lowest BCUT2D eigenvalue weighted by molar-refractivity contribution is 0.429. The molecule has 0 aliphatic heterocycles. The Balaban J connectivity index is 2.00. The first-order chi connectivity index (χ1) is 8.18. The molecule has 2 rings (SSSR count). The van der Waals surface area contributed by atoms with Crippen LogP contribution in [0.15, 0.2) is 45.5 Å². The van der Waals surface area contributed by atoms with Crippen molar-refractivity contribution in [3.8, 4) is 0 Å². The van der Waals surface area contributed by atoms with Gasteiger partial charge in [-0.1, -0.05) is 12.1 Å². The molecule has 1 unspecified atom stereocenters. The summed E-state index contributed by atoms with van der Waals surface area (Å²) in [6, 6.07) is 8.89. The fourth-order valence-electron chi connectivity index (χ4n) is 1.59. The van der Waals surface area contributed by atoms with E-state index in [1.54, 1.807) is 12.3 Å². The summed E-state index contributed by atoms with van der Waals surface area (Å²) in [7, 11) is 0. The molecule has 1 N–H and O–H groups in total.